The van der Waals surface area contributed by atoms with Gasteiger partial charge in [-0.1, -0.05) is 6.07 Å². The Kier molecular flexibility index (Phi) is 7.22. The summed E-state index contributed by atoms with van der Waals surface area (Å²) < 4.78 is 25.8. The average Bonchev–Trinajstić information content (AvgIpc) is 3.36. The maximum Gasteiger partial charge on any atom is 0.131 e. The largest absolute Gasteiger partial charge is 0.496 e. The van der Waals surface area contributed by atoms with Crippen molar-refractivity contribution in [2.75, 3.05) is 31.8 Å². The van der Waals surface area contributed by atoms with Gasteiger partial charge in [-0.25, -0.2) is 10.2 Å². The van der Waals surface area contributed by atoms with Crippen LogP contribution in [0.25, 0.3) is 22.2 Å². The lowest BCUT2D eigenvalue weighted by atomic mass is 10.1. The molecule has 2 aromatic carbocycles. The van der Waals surface area contributed by atoms with Gasteiger partial charge in [0, 0.05) is 54.7 Å². The number of hydrazine groups is 1. The van der Waals surface area contributed by atoms with Gasteiger partial charge in [-0.2, -0.15) is 5.10 Å². The number of nitrogens with one attached hydrogen (secondary N) is 1. The second-order valence-electron chi connectivity index (χ2n) is 8.67. The van der Waals surface area contributed by atoms with Crippen LogP contribution < -0.4 is 15.6 Å². The lowest BCUT2D eigenvalue weighted by Crippen LogP contribution is -2.43. The first-order valence-electron chi connectivity index (χ1n) is 11.8. The number of aliphatic imine (C=N–C) groups is 1. The van der Waals surface area contributed by atoms with E-state index >= 15 is 0 Å². The summed E-state index contributed by atoms with van der Waals surface area (Å²) in [4.78, 5) is 10.4. The Morgan fingerprint density at radius 1 is 1.32 bits per heavy atom. The molecule has 10 heteroatoms. The standard InChI is InChI=1S/C27H28FN7O2/c1-30-24(26-17-34(12-13-37-26)15-21-22(28)4-3-5-25(21)36-2)16-35(29)19-6-7-23-20(14-19)27(33-32-23)18-8-10-31-11-9-18/h3-11,14,16,26H,1,12-13,15,17,29H2,2H3,(H,32,33)/b24-16-. The number of methoxy groups -OCH3 is 1. The van der Waals surface area contributed by atoms with Crippen molar-refractivity contribution in [1.82, 2.24) is 20.1 Å². The number of morpholine rings is 1. The summed E-state index contributed by atoms with van der Waals surface area (Å²) in [5, 5.41) is 9.94. The summed E-state index contributed by atoms with van der Waals surface area (Å²) in [6.45, 7) is 5.74. The molecule has 0 radical (unpaired) electrons. The zero-order valence-electron chi connectivity index (χ0n) is 20.5. The molecule has 1 atom stereocenters. The molecule has 2 aromatic heterocycles. The number of benzene rings is 2. The molecular formula is C27H28FN7O2. The van der Waals surface area contributed by atoms with Gasteiger partial charge >= 0.3 is 0 Å². The number of aromatic nitrogens is 3. The van der Waals surface area contributed by atoms with Crippen molar-refractivity contribution < 1.29 is 13.9 Å². The first kappa shape index (κ1) is 24.6. The number of nitrogens with zero attached hydrogens (tertiary/aromatic N) is 5. The number of rotatable bonds is 8. The molecule has 0 saturated carbocycles. The Hall–Kier alpha value is -4.12. The van der Waals surface area contributed by atoms with E-state index in [9.17, 15) is 4.39 Å². The fourth-order valence-corrected chi connectivity index (χ4v) is 4.47. The molecule has 4 aromatic rings. The first-order valence-corrected chi connectivity index (χ1v) is 11.8. The summed E-state index contributed by atoms with van der Waals surface area (Å²) >= 11 is 0. The normalized spacial score (nSPS) is 16.6. The molecule has 37 heavy (non-hydrogen) atoms. The van der Waals surface area contributed by atoms with E-state index in [1.165, 1.54) is 11.1 Å². The van der Waals surface area contributed by atoms with Gasteiger partial charge in [0.1, 0.15) is 23.4 Å². The van der Waals surface area contributed by atoms with Crippen LogP contribution in [0.3, 0.4) is 0 Å². The van der Waals surface area contributed by atoms with Crippen molar-refractivity contribution >= 4 is 23.3 Å². The maximum absolute atomic E-state index is 14.5. The summed E-state index contributed by atoms with van der Waals surface area (Å²) in [6.07, 6.45) is 4.79. The van der Waals surface area contributed by atoms with Crippen molar-refractivity contribution in [1.29, 1.82) is 0 Å². The second kappa shape index (κ2) is 10.9. The number of nitrogens with two attached hydrogens (primary N) is 1. The fraction of sp³-hybridized carbons (Fsp3) is 0.222. The van der Waals surface area contributed by atoms with E-state index in [1.807, 2.05) is 30.3 Å². The van der Waals surface area contributed by atoms with Gasteiger partial charge in [0.2, 0.25) is 0 Å². The first-order chi connectivity index (χ1) is 18.1. The number of aromatic amines is 1. The van der Waals surface area contributed by atoms with Crippen LogP contribution in [-0.4, -0.2) is 59.7 Å². The third kappa shape index (κ3) is 5.21. The lowest BCUT2D eigenvalue weighted by molar-refractivity contribution is -0.0134. The smallest absolute Gasteiger partial charge is 0.131 e. The Morgan fingerprint density at radius 3 is 2.95 bits per heavy atom. The number of halogens is 1. The summed E-state index contributed by atoms with van der Waals surface area (Å²) in [6, 6.07) is 14.4. The highest BCUT2D eigenvalue weighted by molar-refractivity contribution is 5.95. The van der Waals surface area contributed by atoms with Crippen molar-refractivity contribution in [3.05, 3.63) is 84.2 Å². The SMILES string of the molecule is C=N/C(=C\N(N)c1ccc2[nH]nc(-c3ccncc3)c2c1)C1CN(Cc2c(F)cccc2OC)CCO1. The van der Waals surface area contributed by atoms with Crippen LogP contribution in [0.1, 0.15) is 5.56 Å². The number of fused-ring (bicyclic) bond motifs is 1. The molecule has 3 heterocycles. The van der Waals surface area contributed by atoms with E-state index in [1.54, 1.807) is 37.8 Å². The van der Waals surface area contributed by atoms with Crippen LogP contribution in [0, 0.1) is 5.82 Å². The van der Waals surface area contributed by atoms with Gasteiger partial charge < -0.3 is 9.47 Å². The Balaban J connectivity index is 1.36. The average molecular weight is 502 g/mol. The Labute approximate surface area is 214 Å². The van der Waals surface area contributed by atoms with Crippen LogP contribution in [0.4, 0.5) is 10.1 Å². The third-order valence-electron chi connectivity index (χ3n) is 6.41. The molecule has 3 N–H and O–H groups in total. The number of anilines is 1. The van der Waals surface area contributed by atoms with Crippen molar-refractivity contribution in [3.63, 3.8) is 0 Å². The quantitative estimate of drug-likeness (QED) is 0.214. The minimum absolute atomic E-state index is 0.297. The van der Waals surface area contributed by atoms with E-state index in [0.29, 0.717) is 43.3 Å². The van der Waals surface area contributed by atoms with Crippen LogP contribution in [0.5, 0.6) is 5.75 Å². The second-order valence-corrected chi connectivity index (χ2v) is 8.67. The molecule has 190 valence electrons. The zero-order valence-corrected chi connectivity index (χ0v) is 20.5. The minimum atomic E-state index is -0.375. The molecule has 1 unspecified atom stereocenters. The zero-order chi connectivity index (χ0) is 25.8. The number of hydrogen-bond acceptors (Lipinski definition) is 8. The monoisotopic (exact) mass is 501 g/mol. The van der Waals surface area contributed by atoms with E-state index in [0.717, 1.165) is 27.8 Å². The molecule has 1 aliphatic heterocycles. The molecule has 0 spiro atoms. The predicted octanol–water partition coefficient (Wildman–Crippen LogP) is 3.90. The van der Waals surface area contributed by atoms with Gasteiger partial charge in [-0.3, -0.25) is 25.0 Å². The topological polar surface area (TPSA) is 105 Å². The van der Waals surface area contributed by atoms with Crippen LogP contribution in [-0.2, 0) is 11.3 Å². The highest BCUT2D eigenvalue weighted by Gasteiger charge is 2.26. The molecular weight excluding hydrogens is 473 g/mol. The van der Waals surface area contributed by atoms with Crippen molar-refractivity contribution in [2.45, 2.75) is 12.6 Å². The van der Waals surface area contributed by atoms with Gasteiger partial charge in [-0.15, -0.1) is 0 Å². The molecule has 0 bridgehead atoms. The summed E-state index contributed by atoms with van der Waals surface area (Å²) in [5.74, 6) is 6.66. The molecule has 1 fully saturated rings. The molecule has 1 saturated heterocycles. The highest BCUT2D eigenvalue weighted by atomic mass is 19.1. The van der Waals surface area contributed by atoms with Gasteiger partial charge in [0.15, 0.2) is 0 Å². The van der Waals surface area contributed by atoms with Gasteiger partial charge in [0.05, 0.1) is 30.6 Å². The van der Waals surface area contributed by atoms with Crippen molar-refractivity contribution in [2.24, 2.45) is 10.8 Å². The number of hydrogen-bond donors (Lipinski definition) is 2. The molecule has 1 aliphatic rings. The summed E-state index contributed by atoms with van der Waals surface area (Å²) in [5.41, 5.74) is 4.50. The van der Waals surface area contributed by atoms with E-state index in [2.05, 4.69) is 31.8 Å². The molecule has 9 nitrogen and oxygen atoms in total. The predicted molar refractivity (Wildman–Crippen MR) is 142 cm³/mol. The Bertz CT molecular complexity index is 1420. The fourth-order valence-electron chi connectivity index (χ4n) is 4.47. The highest BCUT2D eigenvalue weighted by Crippen LogP contribution is 2.30. The Morgan fingerprint density at radius 2 is 2.16 bits per heavy atom. The molecule has 0 aliphatic carbocycles. The number of ether oxygens (including phenoxy) is 2. The van der Waals surface area contributed by atoms with E-state index in [-0.39, 0.29) is 11.9 Å². The van der Waals surface area contributed by atoms with Gasteiger partial charge in [-0.05, 0) is 49.2 Å². The van der Waals surface area contributed by atoms with Gasteiger partial charge in [0.25, 0.3) is 0 Å². The van der Waals surface area contributed by atoms with Crippen LogP contribution in [0.2, 0.25) is 0 Å². The van der Waals surface area contributed by atoms with Crippen molar-refractivity contribution in [3.8, 4) is 17.0 Å². The van der Waals surface area contributed by atoms with E-state index in [4.69, 9.17) is 15.3 Å². The summed E-state index contributed by atoms with van der Waals surface area (Å²) in [7, 11) is 1.54. The maximum atomic E-state index is 14.5. The van der Waals surface area contributed by atoms with Crippen LogP contribution >= 0.6 is 0 Å². The minimum Gasteiger partial charge on any atom is -0.496 e. The van der Waals surface area contributed by atoms with E-state index < -0.39 is 0 Å². The third-order valence-corrected chi connectivity index (χ3v) is 6.41. The van der Waals surface area contributed by atoms with Crippen LogP contribution in [0.15, 0.2) is 77.8 Å². The molecule has 0 amide bonds. The molecule has 5 rings (SSSR count). The number of H-pyrrole nitrogens is 1. The number of pyridine rings is 1. The lowest BCUT2D eigenvalue weighted by Gasteiger charge is -2.33.